The predicted octanol–water partition coefficient (Wildman–Crippen LogP) is 0.202. The van der Waals surface area contributed by atoms with Crippen molar-refractivity contribution in [3.8, 4) is 0 Å². The van der Waals surface area contributed by atoms with Crippen LogP contribution in [0.15, 0.2) is 0 Å². The highest BCUT2D eigenvalue weighted by atomic mass is 16.2. The normalized spacial score (nSPS) is 24.7. The van der Waals surface area contributed by atoms with E-state index in [9.17, 15) is 4.79 Å². The van der Waals surface area contributed by atoms with E-state index in [1.165, 1.54) is 0 Å². The number of nitrogens with two attached hydrogens (primary N) is 1. The van der Waals surface area contributed by atoms with Gasteiger partial charge in [0.15, 0.2) is 0 Å². The molecule has 0 saturated carbocycles. The van der Waals surface area contributed by atoms with Gasteiger partial charge in [0.2, 0.25) is 5.91 Å². The summed E-state index contributed by atoms with van der Waals surface area (Å²) in [6, 6.07) is 0.206. The van der Waals surface area contributed by atoms with Crippen molar-refractivity contribution in [2.45, 2.75) is 26.3 Å². The van der Waals surface area contributed by atoms with Gasteiger partial charge in [-0.3, -0.25) is 4.79 Å². The number of rotatable bonds is 1. The van der Waals surface area contributed by atoms with E-state index in [4.69, 9.17) is 5.73 Å². The second kappa shape index (κ2) is 3.22. The Morgan fingerprint density at radius 3 is 2.64 bits per heavy atom. The minimum absolute atomic E-state index is 0.111. The molecule has 0 aromatic heterocycles. The first-order chi connectivity index (χ1) is 5.11. The zero-order valence-corrected chi connectivity index (χ0v) is 7.21. The van der Waals surface area contributed by atoms with E-state index in [0.29, 0.717) is 0 Å². The van der Waals surface area contributed by atoms with Gasteiger partial charge in [0.25, 0.3) is 0 Å². The fourth-order valence-electron chi connectivity index (χ4n) is 1.35. The maximum Gasteiger partial charge on any atom is 0.225 e. The van der Waals surface area contributed by atoms with E-state index in [1.807, 2.05) is 18.7 Å². The lowest BCUT2D eigenvalue weighted by atomic mass is 10.2. The largest absolute Gasteiger partial charge is 0.341 e. The van der Waals surface area contributed by atoms with E-state index in [1.54, 1.807) is 0 Å². The summed E-state index contributed by atoms with van der Waals surface area (Å²) in [5, 5.41) is 0. The number of carbonyl (C=O) groups excluding carboxylic acids is 1. The molecule has 1 saturated heterocycles. The maximum atomic E-state index is 11.4. The molecule has 1 atom stereocenters. The van der Waals surface area contributed by atoms with Crippen LogP contribution in [0.1, 0.15) is 20.3 Å². The van der Waals surface area contributed by atoms with Gasteiger partial charge in [-0.05, 0) is 6.42 Å². The van der Waals surface area contributed by atoms with Gasteiger partial charge in [-0.25, -0.2) is 0 Å². The molecule has 0 unspecified atom stereocenters. The average molecular weight is 156 g/mol. The van der Waals surface area contributed by atoms with Crippen molar-refractivity contribution in [1.82, 2.24) is 4.90 Å². The van der Waals surface area contributed by atoms with Gasteiger partial charge in [0.05, 0.1) is 0 Å². The Morgan fingerprint density at radius 2 is 2.27 bits per heavy atom. The molecule has 1 fully saturated rings. The van der Waals surface area contributed by atoms with E-state index in [-0.39, 0.29) is 17.9 Å². The van der Waals surface area contributed by atoms with Gasteiger partial charge in [-0.15, -0.1) is 0 Å². The van der Waals surface area contributed by atoms with Crippen LogP contribution in [0, 0.1) is 5.92 Å². The van der Waals surface area contributed by atoms with Crippen LogP contribution in [0.2, 0.25) is 0 Å². The van der Waals surface area contributed by atoms with Crippen molar-refractivity contribution in [1.29, 1.82) is 0 Å². The highest BCUT2D eigenvalue weighted by Crippen LogP contribution is 2.10. The summed E-state index contributed by atoms with van der Waals surface area (Å²) in [5.41, 5.74) is 5.67. The van der Waals surface area contributed by atoms with E-state index in [2.05, 4.69) is 0 Å². The van der Waals surface area contributed by atoms with Crippen LogP contribution in [0.3, 0.4) is 0 Å². The Morgan fingerprint density at radius 1 is 1.64 bits per heavy atom. The number of hydrogen-bond acceptors (Lipinski definition) is 2. The smallest absolute Gasteiger partial charge is 0.225 e. The van der Waals surface area contributed by atoms with Crippen LogP contribution >= 0.6 is 0 Å². The summed E-state index contributed by atoms with van der Waals surface area (Å²) in [4.78, 5) is 13.2. The zero-order valence-electron chi connectivity index (χ0n) is 7.21. The molecule has 1 aliphatic rings. The molecule has 3 heteroatoms. The molecule has 1 amide bonds. The number of likely N-dealkylation sites (tertiary alicyclic amines) is 1. The molecule has 1 heterocycles. The van der Waals surface area contributed by atoms with Gasteiger partial charge in [0.1, 0.15) is 0 Å². The summed E-state index contributed by atoms with van der Waals surface area (Å²) in [6.45, 7) is 5.44. The third kappa shape index (κ3) is 1.93. The van der Waals surface area contributed by atoms with E-state index >= 15 is 0 Å². The molecular formula is C8H16N2O. The molecule has 11 heavy (non-hydrogen) atoms. The summed E-state index contributed by atoms with van der Waals surface area (Å²) >= 11 is 0. The number of hydrogen-bond donors (Lipinski definition) is 1. The second-order valence-electron chi connectivity index (χ2n) is 3.49. The third-order valence-electron chi connectivity index (χ3n) is 2.03. The van der Waals surface area contributed by atoms with Gasteiger partial charge in [-0.2, -0.15) is 0 Å². The van der Waals surface area contributed by atoms with Crippen LogP contribution in [0.25, 0.3) is 0 Å². The maximum absolute atomic E-state index is 11.4. The molecule has 0 bridgehead atoms. The Kier molecular flexibility index (Phi) is 2.49. The minimum Gasteiger partial charge on any atom is -0.341 e. The topological polar surface area (TPSA) is 46.3 Å². The molecular weight excluding hydrogens is 140 g/mol. The third-order valence-corrected chi connectivity index (χ3v) is 2.03. The average Bonchev–Trinajstić information content (AvgIpc) is 2.34. The molecule has 0 aromatic rings. The summed E-state index contributed by atoms with van der Waals surface area (Å²) < 4.78 is 0. The fraction of sp³-hybridized carbons (Fsp3) is 0.875. The van der Waals surface area contributed by atoms with E-state index in [0.717, 1.165) is 19.5 Å². The van der Waals surface area contributed by atoms with Gasteiger partial charge < -0.3 is 10.6 Å². The van der Waals surface area contributed by atoms with Gasteiger partial charge in [-0.1, -0.05) is 13.8 Å². The van der Waals surface area contributed by atoms with Crippen molar-refractivity contribution < 1.29 is 4.79 Å². The van der Waals surface area contributed by atoms with Crippen LogP contribution in [0.5, 0.6) is 0 Å². The number of carbonyl (C=O) groups is 1. The van der Waals surface area contributed by atoms with Crippen molar-refractivity contribution in [2.75, 3.05) is 13.1 Å². The first kappa shape index (κ1) is 8.53. The molecule has 1 rings (SSSR count). The van der Waals surface area contributed by atoms with Crippen molar-refractivity contribution in [2.24, 2.45) is 11.7 Å². The quantitative estimate of drug-likeness (QED) is 0.589. The summed E-state index contributed by atoms with van der Waals surface area (Å²) in [6.07, 6.45) is 0.957. The molecule has 2 N–H and O–H groups in total. The van der Waals surface area contributed by atoms with Crippen LogP contribution < -0.4 is 5.73 Å². The SMILES string of the molecule is CC(C)C(=O)N1CC[C@@H](N)C1. The highest BCUT2D eigenvalue weighted by molar-refractivity contribution is 5.78. The first-order valence-corrected chi connectivity index (χ1v) is 4.15. The molecule has 1 aliphatic heterocycles. The van der Waals surface area contributed by atoms with Crippen LogP contribution in [-0.4, -0.2) is 29.9 Å². The van der Waals surface area contributed by atoms with Crippen LogP contribution in [-0.2, 0) is 4.79 Å². The standard InChI is InChI=1S/C8H16N2O/c1-6(2)8(11)10-4-3-7(9)5-10/h6-7H,3-5,9H2,1-2H3/t7-/m1/s1. The van der Waals surface area contributed by atoms with E-state index < -0.39 is 0 Å². The summed E-state index contributed by atoms with van der Waals surface area (Å²) in [7, 11) is 0. The lowest BCUT2D eigenvalue weighted by Crippen LogP contribution is -2.34. The molecule has 64 valence electrons. The zero-order chi connectivity index (χ0) is 8.43. The predicted molar refractivity (Wildman–Crippen MR) is 44.0 cm³/mol. The second-order valence-corrected chi connectivity index (χ2v) is 3.49. The Labute approximate surface area is 67.5 Å². The lowest BCUT2D eigenvalue weighted by Gasteiger charge is -2.17. The van der Waals surface area contributed by atoms with Crippen molar-refractivity contribution in [3.05, 3.63) is 0 Å². The Hall–Kier alpha value is -0.570. The minimum atomic E-state index is 0.111. The first-order valence-electron chi connectivity index (χ1n) is 4.15. The number of amides is 1. The number of nitrogens with zero attached hydrogens (tertiary/aromatic N) is 1. The molecule has 0 aliphatic carbocycles. The molecule has 3 nitrogen and oxygen atoms in total. The van der Waals surface area contributed by atoms with Crippen LogP contribution in [0.4, 0.5) is 0 Å². The van der Waals surface area contributed by atoms with Crippen molar-refractivity contribution in [3.63, 3.8) is 0 Å². The van der Waals surface area contributed by atoms with Gasteiger partial charge >= 0.3 is 0 Å². The Balaban J connectivity index is 2.43. The molecule has 0 radical (unpaired) electrons. The lowest BCUT2D eigenvalue weighted by molar-refractivity contribution is -0.133. The van der Waals surface area contributed by atoms with Crippen molar-refractivity contribution >= 4 is 5.91 Å². The van der Waals surface area contributed by atoms with Gasteiger partial charge in [0, 0.05) is 25.0 Å². The molecule has 0 aromatic carbocycles. The Bertz CT molecular complexity index is 156. The highest BCUT2D eigenvalue weighted by Gasteiger charge is 2.24. The monoisotopic (exact) mass is 156 g/mol. The summed E-state index contributed by atoms with van der Waals surface area (Å²) in [5.74, 6) is 0.346. The molecule has 0 spiro atoms. The fourth-order valence-corrected chi connectivity index (χ4v) is 1.35.